The molecule has 0 fully saturated rings. The maximum Gasteiger partial charge on any atom is 0.269 e. The van der Waals surface area contributed by atoms with Gasteiger partial charge in [0, 0.05) is 30.8 Å². The van der Waals surface area contributed by atoms with E-state index in [0.717, 1.165) is 6.42 Å². The molecule has 20 heavy (non-hydrogen) atoms. The number of non-ortho nitro benzene ring substituents is 1. The Morgan fingerprint density at radius 2 is 1.95 bits per heavy atom. The molecular weight excluding hydrogens is 260 g/mol. The number of nitrogens with zero attached hydrogens (tertiary/aromatic N) is 1. The molecule has 0 aromatic heterocycles. The molecular formula is C14H20N2O4. The molecule has 0 heterocycles. The Morgan fingerprint density at radius 3 is 2.45 bits per heavy atom. The van der Waals surface area contributed by atoms with Crippen molar-refractivity contribution in [2.75, 3.05) is 13.2 Å². The number of hydrogen-bond donors (Lipinski definition) is 2. The number of carbonyl (C=O) groups excluding carboxylic acids is 1. The largest absolute Gasteiger partial charge is 0.396 e. The van der Waals surface area contributed by atoms with Gasteiger partial charge in [0.2, 0.25) is 0 Å². The van der Waals surface area contributed by atoms with Crippen molar-refractivity contribution in [2.45, 2.75) is 26.7 Å². The lowest BCUT2D eigenvalue weighted by Gasteiger charge is -2.24. The molecule has 1 amide bonds. The Hall–Kier alpha value is -1.95. The molecule has 0 saturated heterocycles. The van der Waals surface area contributed by atoms with Crippen LogP contribution < -0.4 is 5.32 Å². The minimum Gasteiger partial charge on any atom is -0.396 e. The average Bonchev–Trinajstić information content (AvgIpc) is 2.43. The van der Waals surface area contributed by atoms with Gasteiger partial charge in [-0.15, -0.1) is 0 Å². The highest BCUT2D eigenvalue weighted by Gasteiger charge is 2.19. The molecule has 0 spiro atoms. The smallest absolute Gasteiger partial charge is 0.269 e. The van der Waals surface area contributed by atoms with E-state index in [1.54, 1.807) is 0 Å². The molecule has 0 radical (unpaired) electrons. The first-order chi connectivity index (χ1) is 9.35. The van der Waals surface area contributed by atoms with Crippen molar-refractivity contribution in [3.63, 3.8) is 0 Å². The summed E-state index contributed by atoms with van der Waals surface area (Å²) in [5.74, 6) is -0.253. The van der Waals surface area contributed by atoms with Gasteiger partial charge in [-0.1, -0.05) is 13.8 Å². The van der Waals surface area contributed by atoms with Crippen LogP contribution in [0.4, 0.5) is 5.69 Å². The Balaban J connectivity index is 2.56. The third-order valence-electron chi connectivity index (χ3n) is 3.08. The topological polar surface area (TPSA) is 92.5 Å². The summed E-state index contributed by atoms with van der Waals surface area (Å²) in [6.07, 6.45) is 1.50. The van der Waals surface area contributed by atoms with Gasteiger partial charge in [0.05, 0.1) is 4.92 Å². The van der Waals surface area contributed by atoms with Crippen LogP contribution in [0.5, 0.6) is 0 Å². The second-order valence-corrected chi connectivity index (χ2v) is 5.48. The zero-order valence-corrected chi connectivity index (χ0v) is 11.8. The van der Waals surface area contributed by atoms with E-state index in [4.69, 9.17) is 5.11 Å². The maximum absolute atomic E-state index is 11.9. The quantitative estimate of drug-likeness (QED) is 0.591. The second-order valence-electron chi connectivity index (χ2n) is 5.48. The van der Waals surface area contributed by atoms with Crippen molar-refractivity contribution in [2.24, 2.45) is 5.41 Å². The number of aliphatic hydroxyl groups excluding tert-OH is 1. The highest BCUT2D eigenvalue weighted by atomic mass is 16.6. The molecule has 110 valence electrons. The average molecular weight is 280 g/mol. The number of aliphatic hydroxyl groups is 1. The zero-order valence-electron chi connectivity index (χ0n) is 11.8. The molecule has 0 saturated carbocycles. The lowest BCUT2D eigenvalue weighted by Crippen LogP contribution is -2.34. The van der Waals surface area contributed by atoms with Crippen molar-refractivity contribution in [3.8, 4) is 0 Å². The van der Waals surface area contributed by atoms with Gasteiger partial charge in [-0.3, -0.25) is 14.9 Å². The number of rotatable bonds is 7. The first kappa shape index (κ1) is 16.1. The number of nitro groups is 1. The molecule has 1 rings (SSSR count). The van der Waals surface area contributed by atoms with E-state index in [1.807, 2.05) is 13.8 Å². The van der Waals surface area contributed by atoms with Crippen LogP contribution >= 0.6 is 0 Å². The van der Waals surface area contributed by atoms with Gasteiger partial charge in [0.15, 0.2) is 0 Å². The molecule has 1 aromatic rings. The fraction of sp³-hybridized carbons (Fsp3) is 0.500. The molecule has 0 aliphatic carbocycles. The van der Waals surface area contributed by atoms with Gasteiger partial charge in [-0.05, 0) is 30.4 Å². The van der Waals surface area contributed by atoms with Crippen LogP contribution in [-0.2, 0) is 0 Å². The van der Waals surface area contributed by atoms with Crippen molar-refractivity contribution in [1.82, 2.24) is 5.32 Å². The molecule has 0 unspecified atom stereocenters. The summed E-state index contributed by atoms with van der Waals surface area (Å²) in [6, 6.07) is 5.50. The summed E-state index contributed by atoms with van der Waals surface area (Å²) in [4.78, 5) is 21.9. The van der Waals surface area contributed by atoms with E-state index < -0.39 is 4.92 Å². The fourth-order valence-electron chi connectivity index (χ4n) is 1.80. The number of nitro benzene ring substituents is 1. The summed E-state index contributed by atoms with van der Waals surface area (Å²) < 4.78 is 0. The van der Waals surface area contributed by atoms with Crippen LogP contribution in [0.2, 0.25) is 0 Å². The zero-order chi connectivity index (χ0) is 15.2. The van der Waals surface area contributed by atoms with E-state index >= 15 is 0 Å². The van der Waals surface area contributed by atoms with Crippen molar-refractivity contribution < 1.29 is 14.8 Å². The molecule has 0 atom stereocenters. The van der Waals surface area contributed by atoms with E-state index in [9.17, 15) is 14.9 Å². The van der Waals surface area contributed by atoms with Gasteiger partial charge >= 0.3 is 0 Å². The van der Waals surface area contributed by atoms with Crippen molar-refractivity contribution in [3.05, 3.63) is 39.9 Å². The summed E-state index contributed by atoms with van der Waals surface area (Å²) >= 11 is 0. The summed E-state index contributed by atoms with van der Waals surface area (Å²) in [7, 11) is 0. The fourth-order valence-corrected chi connectivity index (χ4v) is 1.80. The predicted molar refractivity (Wildman–Crippen MR) is 75.5 cm³/mol. The van der Waals surface area contributed by atoms with Gasteiger partial charge in [-0.2, -0.15) is 0 Å². The van der Waals surface area contributed by atoms with E-state index in [1.165, 1.54) is 24.3 Å². The van der Waals surface area contributed by atoms with Crippen LogP contribution in [0, 0.1) is 15.5 Å². The highest BCUT2D eigenvalue weighted by Crippen LogP contribution is 2.21. The summed E-state index contributed by atoms with van der Waals surface area (Å²) in [5.41, 5.74) is 0.262. The first-order valence-corrected chi connectivity index (χ1v) is 6.49. The minimum atomic E-state index is -0.500. The van der Waals surface area contributed by atoms with E-state index in [0.29, 0.717) is 18.5 Å². The third kappa shape index (κ3) is 4.97. The minimum absolute atomic E-state index is 0.0372. The highest BCUT2D eigenvalue weighted by molar-refractivity contribution is 5.94. The second kappa shape index (κ2) is 7.00. The molecule has 0 bridgehead atoms. The monoisotopic (exact) mass is 280 g/mol. The van der Waals surface area contributed by atoms with E-state index in [2.05, 4.69) is 5.32 Å². The lowest BCUT2D eigenvalue weighted by atomic mass is 9.88. The van der Waals surface area contributed by atoms with Crippen LogP contribution in [0.1, 0.15) is 37.0 Å². The Labute approximate surface area is 118 Å². The van der Waals surface area contributed by atoms with Gasteiger partial charge in [0.1, 0.15) is 0 Å². The molecule has 2 N–H and O–H groups in total. The number of nitrogens with one attached hydrogen (secondary N) is 1. The van der Waals surface area contributed by atoms with Crippen LogP contribution in [0.15, 0.2) is 24.3 Å². The van der Waals surface area contributed by atoms with Crippen molar-refractivity contribution in [1.29, 1.82) is 0 Å². The third-order valence-corrected chi connectivity index (χ3v) is 3.08. The Bertz CT molecular complexity index is 469. The van der Waals surface area contributed by atoms with Crippen LogP contribution in [0.3, 0.4) is 0 Å². The van der Waals surface area contributed by atoms with Crippen LogP contribution in [0.25, 0.3) is 0 Å². The Kier molecular flexibility index (Phi) is 5.64. The SMILES string of the molecule is CC(C)(CCCO)CNC(=O)c1ccc([N+](=O)[O-])cc1. The van der Waals surface area contributed by atoms with Crippen molar-refractivity contribution >= 4 is 11.6 Å². The maximum atomic E-state index is 11.9. The van der Waals surface area contributed by atoms with E-state index in [-0.39, 0.29) is 23.6 Å². The molecule has 0 aliphatic rings. The first-order valence-electron chi connectivity index (χ1n) is 6.49. The standard InChI is InChI=1S/C14H20N2O4/c1-14(2,8-3-9-17)10-15-13(18)11-4-6-12(7-5-11)16(19)20/h4-7,17H,3,8-10H2,1-2H3,(H,15,18). The predicted octanol–water partition coefficient (Wildman–Crippen LogP) is 2.12. The number of hydrogen-bond acceptors (Lipinski definition) is 4. The molecule has 0 aliphatic heterocycles. The molecule has 1 aromatic carbocycles. The van der Waals surface area contributed by atoms with Crippen LogP contribution in [-0.4, -0.2) is 29.1 Å². The lowest BCUT2D eigenvalue weighted by molar-refractivity contribution is -0.384. The molecule has 6 nitrogen and oxygen atoms in total. The van der Waals surface area contributed by atoms with Gasteiger partial charge < -0.3 is 10.4 Å². The number of amides is 1. The normalized spacial score (nSPS) is 11.2. The molecule has 6 heteroatoms. The summed E-state index contributed by atoms with van der Waals surface area (Å²) in [6.45, 7) is 4.65. The number of carbonyl (C=O) groups is 1. The number of benzene rings is 1. The van der Waals surface area contributed by atoms with Gasteiger partial charge in [0.25, 0.3) is 11.6 Å². The summed E-state index contributed by atoms with van der Waals surface area (Å²) in [5, 5.41) is 22.1. The van der Waals surface area contributed by atoms with Gasteiger partial charge in [-0.25, -0.2) is 0 Å². The Morgan fingerprint density at radius 1 is 1.35 bits per heavy atom.